The van der Waals surface area contributed by atoms with E-state index in [4.69, 9.17) is 9.47 Å². The molecule has 1 aromatic heterocycles. The average Bonchev–Trinajstić information content (AvgIpc) is 2.90. The van der Waals surface area contributed by atoms with Gasteiger partial charge in [0.25, 0.3) is 0 Å². The second kappa shape index (κ2) is 8.09. The van der Waals surface area contributed by atoms with E-state index in [9.17, 15) is 18.0 Å². The largest absolute Gasteiger partial charge is 0.462 e. The molecule has 1 aliphatic heterocycles. The molecule has 0 unspecified atom stereocenters. The van der Waals surface area contributed by atoms with Gasteiger partial charge in [0.15, 0.2) is 0 Å². The highest BCUT2D eigenvalue weighted by atomic mass is 32.2. The van der Waals surface area contributed by atoms with Gasteiger partial charge in [-0.15, -0.1) is 0 Å². The van der Waals surface area contributed by atoms with Crippen LogP contribution in [0.1, 0.15) is 35.6 Å². The molecule has 0 radical (unpaired) electrons. The molecular formula is C16H25N3O6S. The fraction of sp³-hybridized carbons (Fsp3) is 0.625. The third-order valence-corrected chi connectivity index (χ3v) is 6.23. The standard InChI is InChI=1S/C16H25N3O6S/c1-5-24-15(20)13-11(3)17-12(4)14(13)26(22,23)19-9-7-18(8-10-19)16(21)25-6-2/h17H,5-10H2,1-4H3. The molecule has 0 atom stereocenters. The topological polar surface area (TPSA) is 109 Å². The quantitative estimate of drug-likeness (QED) is 0.762. The zero-order valence-electron chi connectivity index (χ0n) is 15.5. The summed E-state index contributed by atoms with van der Waals surface area (Å²) in [5, 5.41) is 0. The van der Waals surface area contributed by atoms with Gasteiger partial charge in [0.2, 0.25) is 10.0 Å². The lowest BCUT2D eigenvalue weighted by molar-refractivity contribution is 0.0521. The number of hydrogen-bond donors (Lipinski definition) is 1. The summed E-state index contributed by atoms with van der Waals surface area (Å²) in [6.45, 7) is 7.77. The van der Waals surface area contributed by atoms with Crippen LogP contribution in [-0.4, -0.2) is 74.1 Å². The van der Waals surface area contributed by atoms with Gasteiger partial charge in [0.05, 0.1) is 13.2 Å². The Hall–Kier alpha value is -2.07. The number of esters is 1. The minimum atomic E-state index is -3.90. The maximum Gasteiger partial charge on any atom is 0.409 e. The Labute approximate surface area is 153 Å². The molecule has 0 spiro atoms. The van der Waals surface area contributed by atoms with E-state index >= 15 is 0 Å². The second-order valence-corrected chi connectivity index (χ2v) is 7.76. The molecule has 1 amide bonds. The van der Waals surface area contributed by atoms with Crippen molar-refractivity contribution in [1.29, 1.82) is 0 Å². The lowest BCUT2D eigenvalue weighted by atomic mass is 10.2. The van der Waals surface area contributed by atoms with E-state index in [0.717, 1.165) is 0 Å². The fourth-order valence-corrected chi connectivity index (χ4v) is 4.82. The van der Waals surface area contributed by atoms with E-state index in [-0.39, 0.29) is 49.9 Å². The van der Waals surface area contributed by atoms with Crippen molar-refractivity contribution in [3.8, 4) is 0 Å². The number of H-pyrrole nitrogens is 1. The summed E-state index contributed by atoms with van der Waals surface area (Å²) in [6, 6.07) is 0. The first-order chi connectivity index (χ1) is 12.2. The minimum Gasteiger partial charge on any atom is -0.462 e. The van der Waals surface area contributed by atoms with E-state index in [1.54, 1.807) is 27.7 Å². The molecule has 0 saturated carbocycles. The van der Waals surface area contributed by atoms with Crippen LogP contribution in [0.5, 0.6) is 0 Å². The van der Waals surface area contributed by atoms with Gasteiger partial charge < -0.3 is 19.4 Å². The summed E-state index contributed by atoms with van der Waals surface area (Å²) in [4.78, 5) is 28.3. The maximum atomic E-state index is 13.1. The lowest BCUT2D eigenvalue weighted by Gasteiger charge is -2.33. The first kappa shape index (κ1) is 20.2. The smallest absolute Gasteiger partial charge is 0.409 e. The fourth-order valence-electron chi connectivity index (χ4n) is 2.98. The highest BCUT2D eigenvalue weighted by molar-refractivity contribution is 7.89. The molecule has 1 fully saturated rings. The van der Waals surface area contributed by atoms with Gasteiger partial charge in [-0.3, -0.25) is 0 Å². The van der Waals surface area contributed by atoms with Gasteiger partial charge in [0, 0.05) is 37.6 Å². The molecule has 146 valence electrons. The highest BCUT2D eigenvalue weighted by Crippen LogP contribution is 2.28. The van der Waals surface area contributed by atoms with Crippen LogP contribution in [0.3, 0.4) is 0 Å². The Balaban J connectivity index is 2.27. The van der Waals surface area contributed by atoms with Crippen LogP contribution >= 0.6 is 0 Å². The van der Waals surface area contributed by atoms with Crippen molar-refractivity contribution in [2.45, 2.75) is 32.6 Å². The number of aryl methyl sites for hydroxylation is 2. The van der Waals surface area contributed by atoms with E-state index < -0.39 is 22.1 Å². The van der Waals surface area contributed by atoms with Gasteiger partial charge in [-0.2, -0.15) is 4.31 Å². The zero-order chi connectivity index (χ0) is 19.5. The van der Waals surface area contributed by atoms with E-state index in [2.05, 4.69) is 4.98 Å². The predicted molar refractivity (Wildman–Crippen MR) is 93.6 cm³/mol. The number of piperazine rings is 1. The second-order valence-electron chi connectivity index (χ2n) is 5.89. The third-order valence-electron chi connectivity index (χ3n) is 4.16. The molecule has 0 aliphatic carbocycles. The molecule has 0 aromatic carbocycles. The van der Waals surface area contributed by atoms with Crippen LogP contribution in [0.15, 0.2) is 4.90 Å². The Morgan fingerprint density at radius 3 is 2.12 bits per heavy atom. The molecule has 10 heteroatoms. The van der Waals surface area contributed by atoms with Crippen molar-refractivity contribution in [2.75, 3.05) is 39.4 Å². The number of carbonyl (C=O) groups excluding carboxylic acids is 2. The molecule has 0 bridgehead atoms. The summed E-state index contributed by atoms with van der Waals surface area (Å²) >= 11 is 0. The molecule has 1 saturated heterocycles. The van der Waals surface area contributed by atoms with Crippen LogP contribution < -0.4 is 0 Å². The van der Waals surface area contributed by atoms with Crippen molar-refractivity contribution >= 4 is 22.1 Å². The number of nitrogens with zero attached hydrogens (tertiary/aromatic N) is 2. The number of nitrogens with one attached hydrogen (secondary N) is 1. The summed E-state index contributed by atoms with van der Waals surface area (Å²) < 4.78 is 37.5. The molecule has 1 N–H and O–H groups in total. The number of aromatic nitrogens is 1. The number of hydrogen-bond acceptors (Lipinski definition) is 6. The molecule has 2 rings (SSSR count). The van der Waals surface area contributed by atoms with Crippen LogP contribution in [0.2, 0.25) is 0 Å². The van der Waals surface area contributed by atoms with E-state index in [1.807, 2.05) is 0 Å². The normalized spacial score (nSPS) is 15.8. The van der Waals surface area contributed by atoms with Gasteiger partial charge in [0.1, 0.15) is 10.5 Å². The number of rotatable bonds is 5. The van der Waals surface area contributed by atoms with Crippen molar-refractivity contribution in [1.82, 2.24) is 14.2 Å². The van der Waals surface area contributed by atoms with Crippen molar-refractivity contribution in [3.05, 3.63) is 17.0 Å². The lowest BCUT2D eigenvalue weighted by Crippen LogP contribution is -2.50. The average molecular weight is 387 g/mol. The number of carbonyl (C=O) groups is 2. The van der Waals surface area contributed by atoms with Crippen molar-refractivity contribution in [2.24, 2.45) is 0 Å². The number of ether oxygens (including phenoxy) is 2. The third kappa shape index (κ3) is 3.85. The predicted octanol–water partition coefficient (Wildman–Crippen LogP) is 1.27. The monoisotopic (exact) mass is 387 g/mol. The summed E-state index contributed by atoms with van der Waals surface area (Å²) in [7, 11) is -3.90. The summed E-state index contributed by atoms with van der Waals surface area (Å²) in [5.41, 5.74) is 0.875. The van der Waals surface area contributed by atoms with Crippen molar-refractivity contribution in [3.63, 3.8) is 0 Å². The first-order valence-electron chi connectivity index (χ1n) is 8.52. The molecule has 1 aliphatic rings. The molecule has 9 nitrogen and oxygen atoms in total. The Morgan fingerprint density at radius 1 is 1.00 bits per heavy atom. The van der Waals surface area contributed by atoms with Gasteiger partial charge in [-0.05, 0) is 27.7 Å². The Kier molecular flexibility index (Phi) is 6.30. The highest BCUT2D eigenvalue weighted by Gasteiger charge is 2.36. The van der Waals surface area contributed by atoms with Gasteiger partial charge in [-0.1, -0.05) is 0 Å². The first-order valence-corrected chi connectivity index (χ1v) is 9.96. The molecular weight excluding hydrogens is 362 g/mol. The Morgan fingerprint density at radius 2 is 1.58 bits per heavy atom. The van der Waals surface area contributed by atoms with Crippen LogP contribution in [0.25, 0.3) is 0 Å². The van der Waals surface area contributed by atoms with Gasteiger partial charge >= 0.3 is 12.1 Å². The number of aromatic amines is 1. The molecule has 26 heavy (non-hydrogen) atoms. The molecule has 1 aromatic rings. The van der Waals surface area contributed by atoms with E-state index in [0.29, 0.717) is 11.4 Å². The number of amides is 1. The van der Waals surface area contributed by atoms with Crippen LogP contribution in [-0.2, 0) is 19.5 Å². The molecule has 2 heterocycles. The zero-order valence-corrected chi connectivity index (χ0v) is 16.3. The Bertz CT molecular complexity index is 778. The summed E-state index contributed by atoms with van der Waals surface area (Å²) in [5.74, 6) is -0.668. The van der Waals surface area contributed by atoms with Crippen molar-refractivity contribution < 1.29 is 27.5 Å². The number of sulfonamides is 1. The van der Waals surface area contributed by atoms with E-state index in [1.165, 1.54) is 9.21 Å². The summed E-state index contributed by atoms with van der Waals surface area (Å²) in [6.07, 6.45) is -0.453. The van der Waals surface area contributed by atoms with Crippen LogP contribution in [0.4, 0.5) is 4.79 Å². The SMILES string of the molecule is CCOC(=O)c1c(C)[nH]c(C)c1S(=O)(=O)N1CCN(C(=O)OCC)CC1. The maximum absolute atomic E-state index is 13.1. The van der Waals surface area contributed by atoms with Crippen LogP contribution in [0, 0.1) is 13.8 Å². The van der Waals surface area contributed by atoms with Gasteiger partial charge in [-0.25, -0.2) is 18.0 Å². The minimum absolute atomic E-state index is 0.0390.